The molecule has 1 aliphatic carbocycles. The first-order valence-electron chi connectivity index (χ1n) is 5.95. The molecule has 0 aromatic heterocycles. The van der Waals surface area contributed by atoms with Crippen molar-refractivity contribution in [1.82, 2.24) is 0 Å². The molecular weight excluding hydrogens is 240 g/mol. The number of hydrogen-bond acceptors (Lipinski definition) is 3. The second-order valence-corrected chi connectivity index (χ2v) is 4.56. The van der Waals surface area contributed by atoms with Crippen LogP contribution in [0.4, 0.5) is 14.5 Å². The summed E-state index contributed by atoms with van der Waals surface area (Å²) in [6.07, 6.45) is 1.94. The summed E-state index contributed by atoms with van der Waals surface area (Å²) in [4.78, 5) is 0. The molecule has 3 nitrogen and oxygen atoms in total. The number of alkyl halides is 2. The van der Waals surface area contributed by atoms with Gasteiger partial charge in [-0.15, -0.1) is 0 Å². The normalized spacial score (nSPS) is 22.2. The van der Waals surface area contributed by atoms with Gasteiger partial charge in [-0.1, -0.05) is 6.07 Å². The zero-order valence-electron chi connectivity index (χ0n) is 10.2. The van der Waals surface area contributed by atoms with Crippen LogP contribution in [0.15, 0.2) is 18.2 Å². The van der Waals surface area contributed by atoms with Crippen LogP contribution in [0.1, 0.15) is 24.3 Å². The molecule has 0 amide bonds. The Hall–Kier alpha value is -1.36. The van der Waals surface area contributed by atoms with Crippen molar-refractivity contribution in [3.8, 4) is 5.75 Å². The average Bonchev–Trinajstić information content (AvgIpc) is 3.05. The molecule has 1 aromatic carbocycles. The first-order valence-corrected chi connectivity index (χ1v) is 5.95. The summed E-state index contributed by atoms with van der Waals surface area (Å²) in [5, 5.41) is 0. The van der Waals surface area contributed by atoms with Crippen LogP contribution < -0.4 is 10.5 Å². The van der Waals surface area contributed by atoms with E-state index in [1.165, 1.54) is 6.07 Å². The zero-order valence-corrected chi connectivity index (χ0v) is 10.2. The van der Waals surface area contributed by atoms with E-state index >= 15 is 0 Å². The average molecular weight is 257 g/mol. The number of methoxy groups -OCH3 is 1. The summed E-state index contributed by atoms with van der Waals surface area (Å²) in [5.74, 6) is 0.984. The Balaban J connectivity index is 2.08. The molecule has 18 heavy (non-hydrogen) atoms. The molecule has 2 unspecified atom stereocenters. The molecule has 0 radical (unpaired) electrons. The minimum atomic E-state index is -2.82. The maximum Gasteiger partial charge on any atom is 0.387 e. The Kier molecular flexibility index (Phi) is 4.01. The van der Waals surface area contributed by atoms with Gasteiger partial charge in [0.15, 0.2) is 0 Å². The number of nitrogen functional groups attached to an aromatic ring is 1. The van der Waals surface area contributed by atoms with Gasteiger partial charge < -0.3 is 15.2 Å². The molecular formula is C13H17F2NO2. The summed E-state index contributed by atoms with van der Waals surface area (Å²) in [7, 11) is 1.66. The lowest BCUT2D eigenvalue weighted by atomic mass is 10.1. The Morgan fingerprint density at radius 3 is 2.89 bits per heavy atom. The summed E-state index contributed by atoms with van der Waals surface area (Å²) in [6.45, 7) is -2.12. The number of hydrogen-bond donors (Lipinski definition) is 1. The smallest absolute Gasteiger partial charge is 0.387 e. The van der Waals surface area contributed by atoms with Gasteiger partial charge in [0.05, 0.1) is 0 Å². The third-order valence-electron chi connectivity index (χ3n) is 3.27. The molecule has 100 valence electrons. The molecule has 0 heterocycles. The zero-order chi connectivity index (χ0) is 13.1. The molecule has 5 heteroatoms. The van der Waals surface area contributed by atoms with Crippen molar-refractivity contribution >= 4 is 5.69 Å². The predicted octanol–water partition coefficient (Wildman–Crippen LogP) is 3.01. The quantitative estimate of drug-likeness (QED) is 0.797. The Morgan fingerprint density at radius 2 is 2.22 bits per heavy atom. The van der Waals surface area contributed by atoms with Gasteiger partial charge in [-0.3, -0.25) is 0 Å². The van der Waals surface area contributed by atoms with Crippen LogP contribution in [0.5, 0.6) is 5.75 Å². The Bertz CT molecular complexity index is 412. The predicted molar refractivity (Wildman–Crippen MR) is 64.8 cm³/mol. The van der Waals surface area contributed by atoms with Crippen molar-refractivity contribution in [2.24, 2.45) is 5.92 Å². The van der Waals surface area contributed by atoms with Gasteiger partial charge in [-0.05, 0) is 36.3 Å². The highest BCUT2D eigenvalue weighted by molar-refractivity contribution is 5.51. The summed E-state index contributed by atoms with van der Waals surface area (Å²) >= 11 is 0. The first kappa shape index (κ1) is 13.1. The Morgan fingerprint density at radius 1 is 1.44 bits per heavy atom. The molecule has 1 saturated carbocycles. The molecule has 0 spiro atoms. The summed E-state index contributed by atoms with van der Waals surface area (Å²) < 4.78 is 34.2. The van der Waals surface area contributed by atoms with Crippen LogP contribution in [-0.4, -0.2) is 20.3 Å². The van der Waals surface area contributed by atoms with Crippen LogP contribution in [0, 0.1) is 5.92 Å². The van der Waals surface area contributed by atoms with Crippen LogP contribution in [0.2, 0.25) is 0 Å². The maximum absolute atomic E-state index is 12.3. The van der Waals surface area contributed by atoms with Gasteiger partial charge in [-0.2, -0.15) is 8.78 Å². The lowest BCUT2D eigenvalue weighted by Crippen LogP contribution is -2.05. The molecule has 1 aromatic rings. The molecule has 2 N–H and O–H groups in total. The van der Waals surface area contributed by atoms with E-state index in [0.717, 1.165) is 18.4 Å². The lowest BCUT2D eigenvalue weighted by molar-refractivity contribution is -0.0504. The van der Waals surface area contributed by atoms with Crippen molar-refractivity contribution in [2.75, 3.05) is 19.5 Å². The number of anilines is 1. The van der Waals surface area contributed by atoms with E-state index in [-0.39, 0.29) is 11.7 Å². The molecule has 0 aliphatic heterocycles. The van der Waals surface area contributed by atoms with Crippen molar-refractivity contribution in [1.29, 1.82) is 0 Å². The molecule has 1 fully saturated rings. The van der Waals surface area contributed by atoms with Crippen molar-refractivity contribution in [3.05, 3.63) is 23.8 Å². The number of ether oxygens (including phenoxy) is 2. The Labute approximate surface area is 105 Å². The highest BCUT2D eigenvalue weighted by Gasteiger charge is 2.39. The second kappa shape index (κ2) is 5.52. The van der Waals surface area contributed by atoms with E-state index < -0.39 is 6.61 Å². The fourth-order valence-corrected chi connectivity index (χ4v) is 2.27. The van der Waals surface area contributed by atoms with E-state index in [1.807, 2.05) is 0 Å². The van der Waals surface area contributed by atoms with Crippen LogP contribution in [0.25, 0.3) is 0 Å². The van der Waals surface area contributed by atoms with Crippen LogP contribution in [0.3, 0.4) is 0 Å². The lowest BCUT2D eigenvalue weighted by Gasteiger charge is -2.11. The molecule has 1 aliphatic rings. The maximum atomic E-state index is 12.3. The molecule has 0 saturated heterocycles. The van der Waals surface area contributed by atoms with Gasteiger partial charge in [0, 0.05) is 25.5 Å². The largest absolute Gasteiger partial charge is 0.434 e. The van der Waals surface area contributed by atoms with E-state index in [1.54, 1.807) is 19.2 Å². The van der Waals surface area contributed by atoms with E-state index in [4.69, 9.17) is 10.5 Å². The van der Waals surface area contributed by atoms with E-state index in [9.17, 15) is 8.78 Å². The summed E-state index contributed by atoms with van der Waals surface area (Å²) in [6, 6.07) is 4.97. The number of nitrogens with two attached hydrogens (primary N) is 1. The third-order valence-corrected chi connectivity index (χ3v) is 3.27. The minimum Gasteiger partial charge on any atom is -0.434 e. The molecule has 2 atom stereocenters. The van der Waals surface area contributed by atoms with E-state index in [0.29, 0.717) is 18.2 Å². The number of halogens is 2. The third kappa shape index (κ3) is 3.10. The number of rotatable bonds is 6. The standard InChI is InChI=1S/C13H17F2NO2/c1-17-5-4-8-6-11(8)10-3-2-9(16)7-12(10)18-13(14)15/h2-3,7-8,11,13H,4-6,16H2,1H3. The van der Waals surface area contributed by atoms with Gasteiger partial charge >= 0.3 is 6.61 Å². The van der Waals surface area contributed by atoms with E-state index in [2.05, 4.69) is 4.74 Å². The number of benzene rings is 1. The molecule has 2 rings (SSSR count). The SMILES string of the molecule is COCCC1CC1c1ccc(N)cc1OC(F)F. The summed E-state index contributed by atoms with van der Waals surface area (Å²) in [5.41, 5.74) is 6.85. The fourth-order valence-electron chi connectivity index (χ4n) is 2.27. The van der Waals surface area contributed by atoms with Crippen molar-refractivity contribution < 1.29 is 18.3 Å². The second-order valence-electron chi connectivity index (χ2n) is 4.56. The monoisotopic (exact) mass is 257 g/mol. The highest BCUT2D eigenvalue weighted by Crippen LogP contribution is 2.52. The van der Waals surface area contributed by atoms with Gasteiger partial charge in [0.25, 0.3) is 0 Å². The van der Waals surface area contributed by atoms with Gasteiger partial charge in [-0.25, -0.2) is 0 Å². The van der Waals surface area contributed by atoms with Crippen LogP contribution in [-0.2, 0) is 4.74 Å². The fraction of sp³-hybridized carbons (Fsp3) is 0.538. The van der Waals surface area contributed by atoms with Crippen molar-refractivity contribution in [2.45, 2.75) is 25.4 Å². The topological polar surface area (TPSA) is 44.5 Å². The first-order chi connectivity index (χ1) is 8.61. The highest BCUT2D eigenvalue weighted by atomic mass is 19.3. The minimum absolute atomic E-state index is 0.204. The van der Waals surface area contributed by atoms with Crippen LogP contribution >= 0.6 is 0 Å². The van der Waals surface area contributed by atoms with Gasteiger partial charge in [0.1, 0.15) is 5.75 Å². The van der Waals surface area contributed by atoms with Gasteiger partial charge in [0.2, 0.25) is 0 Å². The van der Waals surface area contributed by atoms with Crippen molar-refractivity contribution in [3.63, 3.8) is 0 Å². The molecule has 0 bridgehead atoms.